The molecule has 1 aliphatic heterocycles. The molecule has 9 nitrogen and oxygen atoms in total. The van der Waals surface area contributed by atoms with Crippen LogP contribution >= 0.6 is 0 Å². The van der Waals surface area contributed by atoms with Crippen LogP contribution in [0.3, 0.4) is 0 Å². The maximum absolute atomic E-state index is 14.6. The molecule has 176 valence electrons. The van der Waals surface area contributed by atoms with Gasteiger partial charge in [0.15, 0.2) is 5.82 Å². The van der Waals surface area contributed by atoms with Gasteiger partial charge in [-0.1, -0.05) is 19.0 Å². The van der Waals surface area contributed by atoms with E-state index in [4.69, 9.17) is 10.3 Å². The molecule has 2 aromatic rings. The third-order valence-electron chi connectivity index (χ3n) is 5.99. The summed E-state index contributed by atoms with van der Waals surface area (Å²) >= 11 is 0. The fourth-order valence-corrected chi connectivity index (χ4v) is 4.10. The second-order valence-corrected chi connectivity index (χ2v) is 8.86. The number of anilines is 1. The lowest BCUT2D eigenvalue weighted by atomic mass is 10.0. The van der Waals surface area contributed by atoms with E-state index in [9.17, 15) is 9.18 Å². The highest BCUT2D eigenvalue weighted by atomic mass is 19.1. The van der Waals surface area contributed by atoms with E-state index in [0.29, 0.717) is 23.2 Å². The number of nitrogens with zero attached hydrogens (tertiary/aromatic N) is 6. The molecular formula is C23H30FN7O2. The molecule has 2 fully saturated rings. The number of aromatic nitrogens is 2. The maximum Gasteiger partial charge on any atom is 0.324 e. The summed E-state index contributed by atoms with van der Waals surface area (Å²) < 4.78 is 20.1. The fraction of sp³-hybridized carbons (Fsp3) is 0.522. The molecule has 2 aliphatic rings. The molecule has 0 unspecified atom stereocenters. The van der Waals surface area contributed by atoms with E-state index >= 15 is 0 Å². The number of amidine groups is 1. The number of carbonyl (C=O) groups excluding carboxylic acids is 1. The van der Waals surface area contributed by atoms with Gasteiger partial charge in [0.2, 0.25) is 0 Å². The summed E-state index contributed by atoms with van der Waals surface area (Å²) in [4.78, 5) is 29.8. The van der Waals surface area contributed by atoms with Crippen LogP contribution in [0, 0.1) is 5.82 Å². The van der Waals surface area contributed by atoms with Gasteiger partial charge in [0.05, 0.1) is 6.34 Å². The minimum Gasteiger partial charge on any atom is -0.390 e. The minimum absolute atomic E-state index is 0.0932. The number of aliphatic imine (C=N–C) groups is 2. The molecule has 1 aromatic carbocycles. The van der Waals surface area contributed by atoms with Crippen molar-refractivity contribution in [2.75, 3.05) is 18.0 Å². The monoisotopic (exact) mass is 455 g/mol. The van der Waals surface area contributed by atoms with Crippen molar-refractivity contribution in [3.8, 4) is 0 Å². The van der Waals surface area contributed by atoms with Gasteiger partial charge in [0.1, 0.15) is 17.3 Å². The van der Waals surface area contributed by atoms with Gasteiger partial charge in [-0.2, -0.15) is 4.98 Å². The van der Waals surface area contributed by atoms with E-state index in [1.54, 1.807) is 13.0 Å². The summed E-state index contributed by atoms with van der Waals surface area (Å²) in [5, 5.41) is 4.04. The Kier molecular flexibility index (Phi) is 6.71. The molecule has 1 amide bonds. The lowest BCUT2D eigenvalue weighted by molar-refractivity contribution is 0.0629. The second-order valence-electron chi connectivity index (χ2n) is 8.86. The molecule has 10 heteroatoms. The molecule has 2 N–H and O–H groups in total. The predicted molar refractivity (Wildman–Crippen MR) is 125 cm³/mol. The van der Waals surface area contributed by atoms with Gasteiger partial charge >= 0.3 is 6.01 Å². The highest BCUT2D eigenvalue weighted by molar-refractivity contribution is 5.95. The predicted octanol–water partition coefficient (Wildman–Crippen LogP) is 3.64. The zero-order chi connectivity index (χ0) is 23.5. The van der Waals surface area contributed by atoms with Gasteiger partial charge < -0.3 is 20.1 Å². The van der Waals surface area contributed by atoms with Gasteiger partial charge in [-0.05, 0) is 50.8 Å². The highest BCUT2D eigenvalue weighted by Crippen LogP contribution is 2.34. The van der Waals surface area contributed by atoms with Crippen LogP contribution in [0.4, 0.5) is 16.1 Å². The molecule has 0 radical (unpaired) electrons. The molecule has 0 spiro atoms. The van der Waals surface area contributed by atoms with Crippen molar-refractivity contribution in [3.05, 3.63) is 35.4 Å². The largest absolute Gasteiger partial charge is 0.390 e. The van der Waals surface area contributed by atoms with Crippen LogP contribution in [0.2, 0.25) is 0 Å². The summed E-state index contributed by atoms with van der Waals surface area (Å²) in [6, 6.07) is 5.24. The third-order valence-corrected chi connectivity index (χ3v) is 5.99. The Labute approximate surface area is 192 Å². The summed E-state index contributed by atoms with van der Waals surface area (Å²) in [6.45, 7) is 7.13. The smallest absolute Gasteiger partial charge is 0.324 e. The molecule has 0 bridgehead atoms. The van der Waals surface area contributed by atoms with Crippen LogP contribution in [-0.2, 0) is 0 Å². The Balaban J connectivity index is 1.45. The van der Waals surface area contributed by atoms with Gasteiger partial charge in [0.25, 0.3) is 5.91 Å². The first-order valence-corrected chi connectivity index (χ1v) is 11.4. The fourth-order valence-electron chi connectivity index (χ4n) is 4.10. The number of piperidine rings is 1. The van der Waals surface area contributed by atoms with Gasteiger partial charge in [-0.15, -0.1) is 0 Å². The Morgan fingerprint density at radius 1 is 1.27 bits per heavy atom. The first-order valence-electron chi connectivity index (χ1n) is 11.4. The molecule has 1 saturated carbocycles. The zero-order valence-electron chi connectivity index (χ0n) is 19.2. The Hall–Kier alpha value is -3.30. The standard InChI is InChI=1S/C23H30FN7O2/c1-14(2)21-28-23(33-29-21)30-10-8-18(9-11-30)31(17-5-6-17)22(32)16-4-7-20(19(24)12-16)27-15(3)26-13-25/h4,7,12-14,17-18H,5-6,8-11H2,1-3H3,(H2,25,26,27). The number of nitrogens with two attached hydrogens (primary N) is 1. The average molecular weight is 456 g/mol. The van der Waals surface area contributed by atoms with Crippen molar-refractivity contribution in [2.45, 2.75) is 64.5 Å². The van der Waals surface area contributed by atoms with E-state index in [-0.39, 0.29) is 29.6 Å². The molecular weight excluding hydrogens is 425 g/mol. The zero-order valence-corrected chi connectivity index (χ0v) is 19.2. The molecule has 1 saturated heterocycles. The van der Waals surface area contributed by atoms with Crippen molar-refractivity contribution in [2.24, 2.45) is 15.7 Å². The van der Waals surface area contributed by atoms with E-state index in [0.717, 1.165) is 45.1 Å². The number of halogens is 1. The van der Waals surface area contributed by atoms with Crippen LogP contribution in [0.5, 0.6) is 0 Å². The number of hydrogen-bond donors (Lipinski definition) is 1. The average Bonchev–Trinajstić information content (AvgIpc) is 3.49. The van der Waals surface area contributed by atoms with Crippen LogP contribution in [0.1, 0.15) is 68.6 Å². The molecule has 0 atom stereocenters. The van der Waals surface area contributed by atoms with Crippen molar-refractivity contribution in [3.63, 3.8) is 0 Å². The first-order chi connectivity index (χ1) is 15.9. The number of hydrogen-bond acceptors (Lipinski definition) is 6. The second kappa shape index (κ2) is 9.68. The van der Waals surface area contributed by atoms with Crippen molar-refractivity contribution in [1.82, 2.24) is 15.0 Å². The SMILES string of the molecule is CC(N=CN)=Nc1ccc(C(=O)N(C2CC2)C2CCN(c3nc(C(C)C)no3)CC2)cc1F. The number of benzene rings is 1. The van der Waals surface area contributed by atoms with Crippen molar-refractivity contribution in [1.29, 1.82) is 0 Å². The molecule has 33 heavy (non-hydrogen) atoms. The van der Waals surface area contributed by atoms with Crippen LogP contribution in [-0.4, -0.2) is 58.3 Å². The molecule has 4 rings (SSSR count). The summed E-state index contributed by atoms with van der Waals surface area (Å²) in [6.07, 6.45) is 4.66. The summed E-state index contributed by atoms with van der Waals surface area (Å²) in [7, 11) is 0. The normalized spacial score (nSPS) is 17.8. The van der Waals surface area contributed by atoms with Gasteiger partial charge in [-0.3, -0.25) is 4.79 Å². The number of rotatable bonds is 6. The minimum atomic E-state index is -0.560. The van der Waals surface area contributed by atoms with Gasteiger partial charge in [0, 0.05) is 36.7 Å². The molecule has 2 heterocycles. The Morgan fingerprint density at radius 2 is 1.97 bits per heavy atom. The Bertz CT molecular complexity index is 1050. The van der Waals surface area contributed by atoms with E-state index in [2.05, 4.69) is 25.0 Å². The maximum atomic E-state index is 14.6. The topological polar surface area (TPSA) is 113 Å². The van der Waals surface area contributed by atoms with E-state index < -0.39 is 5.82 Å². The first kappa shape index (κ1) is 22.9. The molecule has 1 aromatic heterocycles. The Morgan fingerprint density at radius 3 is 2.55 bits per heavy atom. The molecule has 1 aliphatic carbocycles. The quantitative estimate of drug-likeness (QED) is 0.525. The van der Waals surface area contributed by atoms with Crippen LogP contribution in [0.25, 0.3) is 0 Å². The third kappa shape index (κ3) is 5.20. The van der Waals surface area contributed by atoms with Crippen LogP contribution in [0.15, 0.2) is 32.7 Å². The summed E-state index contributed by atoms with van der Waals surface area (Å²) in [5.74, 6) is 0.542. The van der Waals surface area contributed by atoms with E-state index in [1.807, 2.05) is 18.7 Å². The van der Waals surface area contributed by atoms with Gasteiger partial charge in [-0.25, -0.2) is 14.4 Å². The number of carbonyl (C=O) groups is 1. The highest BCUT2D eigenvalue weighted by Gasteiger charge is 2.39. The van der Waals surface area contributed by atoms with E-state index in [1.165, 1.54) is 12.1 Å². The van der Waals surface area contributed by atoms with Crippen molar-refractivity contribution >= 4 is 29.8 Å². The summed E-state index contributed by atoms with van der Waals surface area (Å²) in [5.41, 5.74) is 5.71. The lowest BCUT2D eigenvalue weighted by Gasteiger charge is -2.38. The van der Waals surface area contributed by atoms with Crippen molar-refractivity contribution < 1.29 is 13.7 Å². The lowest BCUT2D eigenvalue weighted by Crippen LogP contribution is -2.48. The number of amides is 1. The van der Waals surface area contributed by atoms with Crippen LogP contribution < -0.4 is 10.6 Å².